The number of fused-ring (bicyclic) bond motifs is 2. The fourth-order valence-electron chi connectivity index (χ4n) is 4.18. The highest BCUT2D eigenvalue weighted by Crippen LogP contribution is 2.48. The van der Waals surface area contributed by atoms with Crippen LogP contribution >= 0.6 is 0 Å². The number of hydrogen-bond acceptors (Lipinski definition) is 5. The van der Waals surface area contributed by atoms with Gasteiger partial charge in [0, 0.05) is 23.5 Å². The molecule has 1 aliphatic carbocycles. The zero-order chi connectivity index (χ0) is 20.1. The predicted molar refractivity (Wildman–Crippen MR) is 106 cm³/mol. The number of likely N-dealkylation sites (tertiary alicyclic amines) is 1. The van der Waals surface area contributed by atoms with E-state index in [1.54, 1.807) is 15.6 Å². The first kappa shape index (κ1) is 17.7. The average Bonchev–Trinajstić information content (AvgIpc) is 3.15. The molecule has 1 aromatic carbocycles. The third kappa shape index (κ3) is 3.00. The van der Waals surface area contributed by atoms with Gasteiger partial charge < -0.3 is 10.1 Å². The van der Waals surface area contributed by atoms with Crippen molar-refractivity contribution in [2.75, 3.05) is 12.4 Å². The second-order valence-electron chi connectivity index (χ2n) is 7.67. The minimum absolute atomic E-state index is 0.133. The Morgan fingerprint density at radius 2 is 2.10 bits per heavy atom. The van der Waals surface area contributed by atoms with Gasteiger partial charge in [0.1, 0.15) is 6.04 Å². The Morgan fingerprint density at radius 3 is 2.93 bits per heavy atom. The molecule has 0 spiro atoms. The van der Waals surface area contributed by atoms with Crippen molar-refractivity contribution < 1.29 is 14.3 Å². The maximum Gasteiger partial charge on any atom is 0.410 e. The fraction of sp³-hybridized carbons (Fsp3) is 0.333. The Hall–Kier alpha value is -3.42. The maximum atomic E-state index is 12.9. The standard InChI is InChI=1S/C21H21N5O3/c1-12-5-6-14(10-16(12)19-22-11-15-4-3-7-25(15)24-19)23-20(27)18-9-13-8-17(13)26(18)21(28)29-2/h3-7,10-11,13,17-18H,8-9H2,1-2H3,(H,23,27)/t13?,17-,18+/m0/s1. The number of carbonyl (C=O) groups is 2. The van der Waals surface area contributed by atoms with Gasteiger partial charge in [0.05, 0.1) is 18.8 Å². The van der Waals surface area contributed by atoms with Crippen LogP contribution in [-0.2, 0) is 9.53 Å². The zero-order valence-corrected chi connectivity index (χ0v) is 16.2. The number of nitrogens with zero attached hydrogens (tertiary/aromatic N) is 4. The Kier molecular flexibility index (Phi) is 4.01. The first-order valence-corrected chi connectivity index (χ1v) is 9.63. The summed E-state index contributed by atoms with van der Waals surface area (Å²) in [6, 6.07) is 9.14. The number of nitrogens with one attached hydrogen (secondary N) is 1. The number of methoxy groups -OCH3 is 1. The van der Waals surface area contributed by atoms with Crippen molar-refractivity contribution in [3.63, 3.8) is 0 Å². The summed E-state index contributed by atoms with van der Waals surface area (Å²) in [4.78, 5) is 31.0. The second-order valence-corrected chi connectivity index (χ2v) is 7.67. The molecule has 1 aliphatic heterocycles. The van der Waals surface area contributed by atoms with Gasteiger partial charge in [-0.25, -0.2) is 14.3 Å². The number of benzene rings is 1. The molecule has 5 rings (SSSR count). The highest BCUT2D eigenvalue weighted by molar-refractivity contribution is 5.97. The summed E-state index contributed by atoms with van der Waals surface area (Å²) >= 11 is 0. The third-order valence-electron chi connectivity index (χ3n) is 5.82. The highest BCUT2D eigenvalue weighted by Gasteiger charge is 2.56. The largest absolute Gasteiger partial charge is 0.453 e. The molecule has 3 heterocycles. The Balaban J connectivity index is 1.40. The van der Waals surface area contributed by atoms with Crippen molar-refractivity contribution in [2.45, 2.75) is 31.8 Å². The van der Waals surface area contributed by atoms with Gasteiger partial charge in [-0.1, -0.05) is 6.07 Å². The second kappa shape index (κ2) is 6.58. The minimum Gasteiger partial charge on any atom is -0.453 e. The molecule has 1 saturated carbocycles. The van der Waals surface area contributed by atoms with Crippen LogP contribution in [0.3, 0.4) is 0 Å². The summed E-state index contributed by atoms with van der Waals surface area (Å²) in [7, 11) is 1.35. The lowest BCUT2D eigenvalue weighted by Gasteiger charge is -2.25. The zero-order valence-electron chi connectivity index (χ0n) is 16.2. The van der Waals surface area contributed by atoms with Crippen LogP contribution in [0.4, 0.5) is 10.5 Å². The number of ether oxygens (including phenoxy) is 1. The van der Waals surface area contributed by atoms with E-state index in [4.69, 9.17) is 4.74 Å². The molecule has 8 heteroatoms. The molecule has 8 nitrogen and oxygen atoms in total. The number of piperidine rings is 1. The molecule has 2 aliphatic rings. The van der Waals surface area contributed by atoms with E-state index in [1.165, 1.54) is 7.11 Å². The highest BCUT2D eigenvalue weighted by atomic mass is 16.5. The lowest BCUT2D eigenvalue weighted by molar-refractivity contribution is -0.120. The number of amides is 2. The number of aromatic nitrogens is 3. The van der Waals surface area contributed by atoms with E-state index in [2.05, 4.69) is 15.4 Å². The normalized spacial score (nSPS) is 22.4. The number of aryl methyl sites for hydroxylation is 1. The average molecular weight is 391 g/mol. The number of carbonyl (C=O) groups excluding carboxylic acids is 2. The van der Waals surface area contributed by atoms with Crippen LogP contribution in [0.5, 0.6) is 0 Å². The summed E-state index contributed by atoms with van der Waals surface area (Å²) in [5.74, 6) is 0.792. The van der Waals surface area contributed by atoms with Gasteiger partial charge in [0.25, 0.3) is 0 Å². The molecule has 1 saturated heterocycles. The number of anilines is 1. The Bertz CT molecular complexity index is 1120. The molecule has 29 heavy (non-hydrogen) atoms. The van der Waals surface area contributed by atoms with Gasteiger partial charge in [-0.3, -0.25) is 9.69 Å². The van der Waals surface area contributed by atoms with Crippen molar-refractivity contribution in [3.05, 3.63) is 48.3 Å². The van der Waals surface area contributed by atoms with E-state index in [0.29, 0.717) is 23.9 Å². The van der Waals surface area contributed by atoms with E-state index < -0.39 is 12.1 Å². The maximum absolute atomic E-state index is 12.9. The molecular formula is C21H21N5O3. The van der Waals surface area contributed by atoms with E-state index >= 15 is 0 Å². The summed E-state index contributed by atoms with van der Waals surface area (Å²) in [6.45, 7) is 1.98. The van der Waals surface area contributed by atoms with Crippen molar-refractivity contribution in [2.24, 2.45) is 5.92 Å². The molecule has 2 amide bonds. The quantitative estimate of drug-likeness (QED) is 0.742. The molecule has 3 aromatic rings. The van der Waals surface area contributed by atoms with E-state index in [1.807, 2.05) is 43.5 Å². The van der Waals surface area contributed by atoms with Crippen molar-refractivity contribution in [1.82, 2.24) is 19.5 Å². The SMILES string of the molecule is COC(=O)N1[C@@H](C(=O)Nc2ccc(C)c(-c3ncc4cccn4n3)c2)CC2C[C@@H]21. The van der Waals surface area contributed by atoms with Crippen LogP contribution in [0, 0.1) is 12.8 Å². The predicted octanol–water partition coefficient (Wildman–Crippen LogP) is 2.87. The van der Waals surface area contributed by atoms with Gasteiger partial charge in [-0.15, -0.1) is 5.10 Å². The fourth-order valence-corrected chi connectivity index (χ4v) is 4.18. The molecule has 0 bridgehead atoms. The first-order valence-electron chi connectivity index (χ1n) is 9.63. The molecule has 1 unspecified atom stereocenters. The lowest BCUT2D eigenvalue weighted by Crippen LogP contribution is -2.45. The van der Waals surface area contributed by atoms with Gasteiger partial charge in [0.15, 0.2) is 5.82 Å². The smallest absolute Gasteiger partial charge is 0.410 e. The van der Waals surface area contributed by atoms with Crippen LogP contribution < -0.4 is 5.32 Å². The van der Waals surface area contributed by atoms with Crippen LogP contribution in [-0.4, -0.2) is 50.7 Å². The Morgan fingerprint density at radius 1 is 1.24 bits per heavy atom. The van der Waals surface area contributed by atoms with Gasteiger partial charge in [-0.2, -0.15) is 0 Å². The molecule has 0 radical (unpaired) electrons. The topological polar surface area (TPSA) is 88.8 Å². The van der Waals surface area contributed by atoms with Crippen LogP contribution in [0.25, 0.3) is 16.9 Å². The molecule has 3 atom stereocenters. The summed E-state index contributed by atoms with van der Waals surface area (Å²) in [5, 5.41) is 7.50. The van der Waals surface area contributed by atoms with E-state index in [-0.39, 0.29) is 11.9 Å². The van der Waals surface area contributed by atoms with Gasteiger partial charge in [0.2, 0.25) is 5.91 Å². The van der Waals surface area contributed by atoms with Gasteiger partial charge in [-0.05, 0) is 55.5 Å². The number of hydrogen-bond donors (Lipinski definition) is 1. The molecule has 2 aromatic heterocycles. The van der Waals surface area contributed by atoms with Crippen molar-refractivity contribution >= 4 is 23.2 Å². The lowest BCUT2D eigenvalue weighted by atomic mass is 10.1. The van der Waals surface area contributed by atoms with Crippen molar-refractivity contribution in [1.29, 1.82) is 0 Å². The van der Waals surface area contributed by atoms with Crippen molar-refractivity contribution in [3.8, 4) is 11.4 Å². The first-order chi connectivity index (χ1) is 14.0. The van der Waals surface area contributed by atoms with Gasteiger partial charge >= 0.3 is 6.09 Å². The Labute approximate surface area is 167 Å². The van der Waals surface area contributed by atoms with Crippen LogP contribution in [0.1, 0.15) is 18.4 Å². The molecule has 2 fully saturated rings. The van der Waals surface area contributed by atoms with Crippen LogP contribution in [0.15, 0.2) is 42.7 Å². The minimum atomic E-state index is -0.497. The summed E-state index contributed by atoms with van der Waals surface area (Å²) < 4.78 is 6.64. The summed E-state index contributed by atoms with van der Waals surface area (Å²) in [6.07, 6.45) is 4.83. The van der Waals surface area contributed by atoms with E-state index in [0.717, 1.165) is 23.1 Å². The number of rotatable bonds is 3. The molecule has 148 valence electrons. The van der Waals surface area contributed by atoms with E-state index in [9.17, 15) is 9.59 Å². The molecular weight excluding hydrogens is 370 g/mol. The monoisotopic (exact) mass is 391 g/mol. The summed E-state index contributed by atoms with van der Waals surface area (Å²) in [5.41, 5.74) is 3.42. The van der Waals surface area contributed by atoms with Crippen LogP contribution in [0.2, 0.25) is 0 Å². The molecule has 1 N–H and O–H groups in total. The third-order valence-corrected chi connectivity index (χ3v) is 5.82.